The minimum absolute atomic E-state index is 0. The Morgan fingerprint density at radius 1 is 0.647 bits per heavy atom. The van der Waals surface area contributed by atoms with Gasteiger partial charge in [-0.3, -0.25) is 0 Å². The van der Waals surface area contributed by atoms with Crippen LogP contribution < -0.4 is 0 Å². The molecule has 0 aromatic rings. The molecule has 110 valence electrons. The van der Waals surface area contributed by atoms with Crippen LogP contribution in [0, 0.1) is 0 Å². The van der Waals surface area contributed by atoms with Gasteiger partial charge in [0.2, 0.25) is 0 Å². The lowest BCUT2D eigenvalue weighted by Crippen LogP contribution is -2.26. The lowest BCUT2D eigenvalue weighted by Gasteiger charge is -2.27. The summed E-state index contributed by atoms with van der Waals surface area (Å²) >= 11 is 0. The fourth-order valence-corrected chi connectivity index (χ4v) is 5.04. The van der Waals surface area contributed by atoms with Crippen LogP contribution in [0.1, 0.15) is 0 Å². The van der Waals surface area contributed by atoms with Crippen LogP contribution in [0.5, 0.6) is 0 Å². The van der Waals surface area contributed by atoms with Crippen LogP contribution in [-0.2, 0) is 4.57 Å². The first kappa shape index (κ1) is 26.5. The van der Waals surface area contributed by atoms with E-state index < -0.39 is 7.14 Å². The van der Waals surface area contributed by atoms with E-state index in [9.17, 15) is 4.57 Å². The molecule has 0 bridgehead atoms. The minimum Gasteiger partial charge on any atom is -0.320 e. The van der Waals surface area contributed by atoms with Crippen LogP contribution in [0.4, 0.5) is 0 Å². The van der Waals surface area contributed by atoms with Crippen molar-refractivity contribution in [2.45, 2.75) is 0 Å². The zero-order valence-corrected chi connectivity index (χ0v) is 14.9. The molecule has 0 N–H and O–H groups in total. The van der Waals surface area contributed by atoms with Crippen LogP contribution in [0.2, 0.25) is 0 Å². The zero-order chi connectivity index (χ0) is 11.4. The van der Waals surface area contributed by atoms with Crippen molar-refractivity contribution in [2.75, 3.05) is 61.1 Å². The smallest absolute Gasteiger partial charge is 0.127 e. The van der Waals surface area contributed by atoms with E-state index in [1.54, 1.807) is 0 Å². The molecule has 0 radical (unpaired) electrons. The van der Waals surface area contributed by atoms with Crippen molar-refractivity contribution < 1.29 is 4.57 Å². The van der Waals surface area contributed by atoms with E-state index >= 15 is 0 Å². The molecule has 0 amide bonds. The molecule has 0 aliphatic heterocycles. The topological polar surface area (TPSA) is 26.8 Å². The largest absolute Gasteiger partial charge is 0.320 e. The highest BCUT2D eigenvalue weighted by atomic mass is 35.5. The van der Waals surface area contributed by atoms with Gasteiger partial charge in [-0.2, -0.15) is 0 Å². The maximum Gasteiger partial charge on any atom is 0.127 e. The van der Waals surface area contributed by atoms with Crippen molar-refractivity contribution in [1.82, 2.24) is 14.7 Å². The van der Waals surface area contributed by atoms with Gasteiger partial charge in [-0.25, -0.2) is 0 Å². The van der Waals surface area contributed by atoms with Gasteiger partial charge < -0.3 is 19.3 Å². The molecule has 0 aliphatic rings. The van der Waals surface area contributed by atoms with E-state index in [0.717, 1.165) is 0 Å². The number of hydrogen-bond donors (Lipinski definition) is 0. The molecule has 8 heteroatoms. The second-order valence-corrected chi connectivity index (χ2v) is 7.69. The Morgan fingerprint density at radius 3 is 0.941 bits per heavy atom. The molecule has 0 saturated carbocycles. The number of nitrogens with zero attached hydrogens (tertiary/aromatic N) is 3. The fourth-order valence-electron chi connectivity index (χ4n) is 1.68. The lowest BCUT2D eigenvalue weighted by atomic mass is 11.0. The molecular formula is C9H27Cl3N3OP. The summed E-state index contributed by atoms with van der Waals surface area (Å²) in [5, 5.41) is 0. The van der Waals surface area contributed by atoms with Crippen molar-refractivity contribution in [3.8, 4) is 0 Å². The number of hydrogen-bond acceptors (Lipinski definition) is 4. The Kier molecular flexibility index (Phi) is 18.8. The summed E-state index contributed by atoms with van der Waals surface area (Å²) in [5.41, 5.74) is 0. The van der Waals surface area contributed by atoms with Gasteiger partial charge in [0.15, 0.2) is 0 Å². The van der Waals surface area contributed by atoms with Crippen molar-refractivity contribution in [3.05, 3.63) is 0 Å². The maximum atomic E-state index is 12.5. The number of rotatable bonds is 6. The molecule has 0 unspecified atom stereocenters. The van der Waals surface area contributed by atoms with E-state index in [4.69, 9.17) is 0 Å². The van der Waals surface area contributed by atoms with Gasteiger partial charge in [0.1, 0.15) is 7.14 Å². The molecule has 4 nitrogen and oxygen atoms in total. The van der Waals surface area contributed by atoms with Crippen molar-refractivity contribution >= 4 is 44.4 Å². The summed E-state index contributed by atoms with van der Waals surface area (Å²) in [6.07, 6.45) is 2.05. The SMILES string of the molecule is CN(C)CP(=O)(CN(C)C)CN(C)C.Cl.Cl.Cl. The lowest BCUT2D eigenvalue weighted by molar-refractivity contribution is 0.406. The first-order valence-corrected chi connectivity index (χ1v) is 7.03. The highest BCUT2D eigenvalue weighted by Gasteiger charge is 2.24. The molecule has 0 aliphatic carbocycles. The van der Waals surface area contributed by atoms with Crippen LogP contribution in [-0.4, -0.2) is 75.8 Å². The van der Waals surface area contributed by atoms with Gasteiger partial charge in [-0.05, 0) is 42.3 Å². The van der Waals surface area contributed by atoms with Crippen molar-refractivity contribution in [2.24, 2.45) is 0 Å². The van der Waals surface area contributed by atoms with Gasteiger partial charge in [0.25, 0.3) is 0 Å². The second kappa shape index (κ2) is 12.0. The molecule has 0 aromatic carbocycles. The third-order valence-electron chi connectivity index (χ3n) is 1.62. The Labute approximate surface area is 125 Å². The zero-order valence-electron chi connectivity index (χ0n) is 11.5. The first-order chi connectivity index (χ1) is 6.25. The summed E-state index contributed by atoms with van der Waals surface area (Å²) < 4.78 is 12.5. The standard InChI is InChI=1S/C9H24N3OP.3ClH/c1-10(2)7-14(13,8-11(3)4)9-12(5)6;;;/h7-9H2,1-6H3;3*1H. The number of halogens is 3. The van der Waals surface area contributed by atoms with Crippen LogP contribution in [0.15, 0.2) is 0 Å². The highest BCUT2D eigenvalue weighted by Crippen LogP contribution is 2.45. The molecule has 0 saturated heterocycles. The third kappa shape index (κ3) is 14.9. The third-order valence-corrected chi connectivity index (χ3v) is 4.87. The average molecular weight is 331 g/mol. The maximum absolute atomic E-state index is 12.5. The molecule has 0 spiro atoms. The molecule has 0 rings (SSSR count). The van der Waals surface area contributed by atoms with Gasteiger partial charge >= 0.3 is 0 Å². The Bertz CT molecular complexity index is 182. The van der Waals surface area contributed by atoms with E-state index in [1.165, 1.54) is 0 Å². The highest BCUT2D eigenvalue weighted by molar-refractivity contribution is 7.63. The van der Waals surface area contributed by atoms with Crippen LogP contribution in [0.25, 0.3) is 0 Å². The van der Waals surface area contributed by atoms with E-state index in [2.05, 4.69) is 0 Å². The predicted molar refractivity (Wildman–Crippen MR) is 85.0 cm³/mol. The van der Waals surface area contributed by atoms with Gasteiger partial charge in [-0.1, -0.05) is 0 Å². The average Bonchev–Trinajstić information content (AvgIpc) is 1.76. The van der Waals surface area contributed by atoms with Gasteiger partial charge in [0.05, 0.1) is 18.9 Å². The monoisotopic (exact) mass is 329 g/mol. The molecule has 0 atom stereocenters. The second-order valence-electron chi connectivity index (χ2n) is 4.72. The Balaban J connectivity index is -0.000000282. The van der Waals surface area contributed by atoms with E-state index in [0.29, 0.717) is 18.9 Å². The summed E-state index contributed by atoms with van der Waals surface area (Å²) in [6, 6.07) is 0. The van der Waals surface area contributed by atoms with Gasteiger partial charge in [0, 0.05) is 0 Å². The Morgan fingerprint density at radius 2 is 0.824 bits per heavy atom. The molecule has 0 fully saturated rings. The first-order valence-electron chi connectivity index (χ1n) is 4.76. The summed E-state index contributed by atoms with van der Waals surface area (Å²) in [4.78, 5) is 6.02. The quantitative estimate of drug-likeness (QED) is 0.698. The molecule has 0 aromatic heterocycles. The molecule has 17 heavy (non-hydrogen) atoms. The fraction of sp³-hybridized carbons (Fsp3) is 1.00. The van der Waals surface area contributed by atoms with Gasteiger partial charge in [-0.15, -0.1) is 37.2 Å². The minimum atomic E-state index is -2.11. The van der Waals surface area contributed by atoms with E-state index in [-0.39, 0.29) is 37.2 Å². The predicted octanol–water partition coefficient (Wildman–Crippen LogP) is 2.17. The summed E-state index contributed by atoms with van der Waals surface area (Å²) in [6.45, 7) is 0. The Hall–Kier alpha value is 0.980. The normalized spacial score (nSPS) is 10.9. The molecular weight excluding hydrogens is 303 g/mol. The van der Waals surface area contributed by atoms with Crippen molar-refractivity contribution in [3.63, 3.8) is 0 Å². The van der Waals surface area contributed by atoms with Crippen molar-refractivity contribution in [1.29, 1.82) is 0 Å². The molecule has 0 heterocycles. The van der Waals surface area contributed by atoms with Crippen LogP contribution >= 0.6 is 44.4 Å². The van der Waals surface area contributed by atoms with E-state index in [1.807, 2.05) is 57.0 Å². The van der Waals surface area contributed by atoms with Crippen LogP contribution in [0.3, 0.4) is 0 Å². The summed E-state index contributed by atoms with van der Waals surface area (Å²) in [5.74, 6) is 0. The summed E-state index contributed by atoms with van der Waals surface area (Å²) in [7, 11) is 9.71.